The molecule has 0 aliphatic heterocycles. The first-order valence-corrected chi connectivity index (χ1v) is 11.7. The van der Waals surface area contributed by atoms with Crippen molar-refractivity contribution in [3.8, 4) is 17.1 Å². The van der Waals surface area contributed by atoms with Gasteiger partial charge in [-0.25, -0.2) is 4.98 Å². The first-order chi connectivity index (χ1) is 14.5. The standard InChI is InChI=1S/C25H34F2N2O/c1-2-3-18-4-6-19(7-5-18)20-8-12-22(13-9-20)25(26,27)30-23-14-10-21(11-15-23)24-28-16-17-29-24/h10-11,14-20,22H,2-9,12-13H2,1H3,(H,28,29)/t18-,19-,20-,22-. The van der Waals surface area contributed by atoms with E-state index in [1.807, 2.05) is 0 Å². The van der Waals surface area contributed by atoms with Gasteiger partial charge in [-0.3, -0.25) is 0 Å². The molecule has 30 heavy (non-hydrogen) atoms. The third kappa shape index (κ3) is 5.04. The quantitative estimate of drug-likeness (QED) is 0.508. The molecule has 2 aliphatic carbocycles. The van der Waals surface area contributed by atoms with Crippen molar-refractivity contribution in [2.24, 2.45) is 23.7 Å². The lowest BCUT2D eigenvalue weighted by Gasteiger charge is -2.39. The molecular weight excluding hydrogens is 382 g/mol. The van der Waals surface area contributed by atoms with Crippen molar-refractivity contribution in [3.63, 3.8) is 0 Å². The number of hydrogen-bond donors (Lipinski definition) is 1. The van der Waals surface area contributed by atoms with Gasteiger partial charge in [0.15, 0.2) is 0 Å². The van der Waals surface area contributed by atoms with Gasteiger partial charge in [-0.2, -0.15) is 8.78 Å². The summed E-state index contributed by atoms with van der Waals surface area (Å²) >= 11 is 0. The van der Waals surface area contributed by atoms with Gasteiger partial charge in [-0.15, -0.1) is 0 Å². The van der Waals surface area contributed by atoms with Crippen LogP contribution in [0, 0.1) is 23.7 Å². The molecule has 164 valence electrons. The molecule has 2 aliphatic rings. The first kappa shape index (κ1) is 21.3. The largest absolute Gasteiger partial charge is 0.432 e. The topological polar surface area (TPSA) is 37.9 Å². The van der Waals surface area contributed by atoms with Gasteiger partial charge >= 0.3 is 6.11 Å². The molecule has 2 fully saturated rings. The highest BCUT2D eigenvalue weighted by Gasteiger charge is 2.45. The zero-order chi connectivity index (χ0) is 21.0. The number of alkyl halides is 2. The number of aromatic amines is 1. The van der Waals surface area contributed by atoms with Crippen LogP contribution in [0.4, 0.5) is 8.78 Å². The highest BCUT2D eigenvalue weighted by atomic mass is 19.3. The Kier molecular flexibility index (Phi) is 6.74. The Morgan fingerprint density at radius 3 is 2.17 bits per heavy atom. The van der Waals surface area contributed by atoms with E-state index in [4.69, 9.17) is 4.74 Å². The number of hydrogen-bond acceptors (Lipinski definition) is 2. The number of rotatable bonds is 7. The van der Waals surface area contributed by atoms with Crippen LogP contribution in [0.2, 0.25) is 0 Å². The van der Waals surface area contributed by atoms with Crippen molar-refractivity contribution in [1.82, 2.24) is 9.97 Å². The van der Waals surface area contributed by atoms with E-state index >= 15 is 0 Å². The van der Waals surface area contributed by atoms with Crippen LogP contribution in [0.5, 0.6) is 5.75 Å². The summed E-state index contributed by atoms with van der Waals surface area (Å²) in [5.74, 6) is 2.53. The minimum Gasteiger partial charge on any atom is -0.432 e. The molecule has 1 aromatic heterocycles. The predicted molar refractivity (Wildman–Crippen MR) is 115 cm³/mol. The Hall–Kier alpha value is -1.91. The molecule has 0 unspecified atom stereocenters. The summed E-state index contributed by atoms with van der Waals surface area (Å²) in [6.45, 7) is 2.27. The zero-order valence-electron chi connectivity index (χ0n) is 18.0. The summed E-state index contributed by atoms with van der Waals surface area (Å²) in [4.78, 5) is 7.19. The van der Waals surface area contributed by atoms with Crippen molar-refractivity contribution < 1.29 is 13.5 Å². The minimum atomic E-state index is -3.12. The lowest BCUT2D eigenvalue weighted by Crippen LogP contribution is -2.38. The number of halogens is 2. The third-order valence-corrected chi connectivity index (χ3v) is 7.38. The Labute approximate surface area is 178 Å². The summed E-state index contributed by atoms with van der Waals surface area (Å²) in [6, 6.07) is 6.73. The fourth-order valence-electron chi connectivity index (χ4n) is 5.63. The summed E-state index contributed by atoms with van der Waals surface area (Å²) in [7, 11) is 0. The molecule has 1 aromatic carbocycles. The van der Waals surface area contributed by atoms with Gasteiger partial charge in [0.05, 0.1) is 5.92 Å². The van der Waals surface area contributed by atoms with E-state index in [1.165, 1.54) is 38.5 Å². The van der Waals surface area contributed by atoms with Gasteiger partial charge in [0.1, 0.15) is 11.6 Å². The van der Waals surface area contributed by atoms with E-state index in [-0.39, 0.29) is 5.75 Å². The van der Waals surface area contributed by atoms with E-state index in [0.29, 0.717) is 18.8 Å². The second-order valence-corrected chi connectivity index (χ2v) is 9.31. The average Bonchev–Trinajstić information content (AvgIpc) is 3.30. The van der Waals surface area contributed by atoms with Gasteiger partial charge in [0, 0.05) is 18.0 Å². The number of benzene rings is 1. The number of nitrogens with zero attached hydrogens (tertiary/aromatic N) is 1. The molecule has 2 aromatic rings. The molecule has 0 bridgehead atoms. The maximum absolute atomic E-state index is 14.8. The monoisotopic (exact) mass is 416 g/mol. The molecule has 2 saturated carbocycles. The summed E-state index contributed by atoms with van der Waals surface area (Å²) in [6.07, 6.45) is 11.2. The van der Waals surface area contributed by atoms with E-state index in [9.17, 15) is 8.78 Å². The first-order valence-electron chi connectivity index (χ1n) is 11.7. The Morgan fingerprint density at radius 1 is 0.967 bits per heavy atom. The van der Waals surface area contributed by atoms with Crippen molar-refractivity contribution in [1.29, 1.82) is 0 Å². The molecule has 0 radical (unpaired) electrons. The lowest BCUT2D eigenvalue weighted by molar-refractivity contribution is -0.224. The van der Waals surface area contributed by atoms with Crippen molar-refractivity contribution >= 4 is 0 Å². The maximum atomic E-state index is 14.8. The fraction of sp³-hybridized carbons (Fsp3) is 0.640. The Balaban J connectivity index is 1.27. The van der Waals surface area contributed by atoms with Crippen molar-refractivity contribution in [2.75, 3.05) is 0 Å². The number of aromatic nitrogens is 2. The molecule has 1 N–H and O–H groups in total. The van der Waals surface area contributed by atoms with E-state index in [0.717, 1.165) is 36.1 Å². The van der Waals surface area contributed by atoms with Gasteiger partial charge in [0.2, 0.25) is 0 Å². The van der Waals surface area contributed by atoms with Gasteiger partial charge < -0.3 is 9.72 Å². The number of nitrogens with one attached hydrogen (secondary N) is 1. The summed E-state index contributed by atoms with van der Waals surface area (Å²) in [5, 5.41) is 0. The van der Waals surface area contributed by atoms with Crippen molar-refractivity contribution in [2.45, 2.75) is 77.2 Å². The molecule has 0 spiro atoms. The molecule has 0 amide bonds. The molecular formula is C25H34F2N2O. The molecule has 0 saturated heterocycles. The van der Waals surface area contributed by atoms with Crippen LogP contribution in [0.1, 0.15) is 71.1 Å². The van der Waals surface area contributed by atoms with Crippen LogP contribution in [-0.4, -0.2) is 16.1 Å². The van der Waals surface area contributed by atoms with Gasteiger partial charge in [-0.05, 0) is 80.5 Å². The van der Waals surface area contributed by atoms with Crippen LogP contribution < -0.4 is 4.74 Å². The molecule has 3 nitrogen and oxygen atoms in total. The molecule has 0 atom stereocenters. The Bertz CT molecular complexity index is 759. The predicted octanol–water partition coefficient (Wildman–Crippen LogP) is 7.46. The number of H-pyrrole nitrogens is 1. The molecule has 4 rings (SSSR count). The number of imidazole rings is 1. The number of ether oxygens (including phenoxy) is 1. The lowest BCUT2D eigenvalue weighted by atomic mass is 9.68. The zero-order valence-corrected chi connectivity index (χ0v) is 18.0. The van der Waals surface area contributed by atoms with Crippen molar-refractivity contribution in [3.05, 3.63) is 36.7 Å². The fourth-order valence-corrected chi connectivity index (χ4v) is 5.63. The summed E-state index contributed by atoms with van der Waals surface area (Å²) < 4.78 is 34.8. The van der Waals surface area contributed by atoms with Crippen LogP contribution >= 0.6 is 0 Å². The minimum absolute atomic E-state index is 0.215. The Morgan fingerprint density at radius 2 is 1.60 bits per heavy atom. The normalized spacial score (nSPS) is 27.7. The third-order valence-electron chi connectivity index (χ3n) is 7.38. The van der Waals surface area contributed by atoms with Gasteiger partial charge in [0.25, 0.3) is 0 Å². The van der Waals surface area contributed by atoms with Crippen LogP contribution in [0.15, 0.2) is 36.7 Å². The SMILES string of the molecule is CCC[C@H]1CC[C@H]([C@H]2CC[C@H](C(F)(F)Oc3ccc(-c4ncc[nH]4)cc3)CC2)CC1. The second-order valence-electron chi connectivity index (χ2n) is 9.31. The highest BCUT2D eigenvalue weighted by Crippen LogP contribution is 2.46. The van der Waals surface area contributed by atoms with E-state index in [2.05, 4.69) is 16.9 Å². The van der Waals surface area contributed by atoms with E-state index in [1.54, 1.807) is 36.7 Å². The van der Waals surface area contributed by atoms with E-state index < -0.39 is 12.0 Å². The maximum Gasteiger partial charge on any atom is 0.400 e. The average molecular weight is 417 g/mol. The second kappa shape index (κ2) is 9.49. The molecule has 1 heterocycles. The van der Waals surface area contributed by atoms with Crippen LogP contribution in [0.25, 0.3) is 11.4 Å². The smallest absolute Gasteiger partial charge is 0.400 e. The summed E-state index contributed by atoms with van der Waals surface area (Å²) in [5.41, 5.74) is 0.852. The molecule has 5 heteroatoms. The van der Waals surface area contributed by atoms with Crippen LogP contribution in [0.3, 0.4) is 0 Å². The van der Waals surface area contributed by atoms with Gasteiger partial charge in [-0.1, -0.05) is 32.6 Å². The highest BCUT2D eigenvalue weighted by molar-refractivity contribution is 5.55. The van der Waals surface area contributed by atoms with Crippen LogP contribution in [-0.2, 0) is 0 Å².